The molecular formula is C12H8BrN3O2S. The van der Waals surface area contributed by atoms with Crippen LogP contribution in [0.1, 0.15) is 15.2 Å². The Morgan fingerprint density at radius 1 is 1.42 bits per heavy atom. The van der Waals surface area contributed by atoms with Crippen molar-refractivity contribution in [1.29, 1.82) is 0 Å². The van der Waals surface area contributed by atoms with E-state index in [4.69, 9.17) is 5.11 Å². The summed E-state index contributed by atoms with van der Waals surface area (Å²) in [6, 6.07) is 6.82. The SMILES string of the molecule is O=C(O)c1ccc2nnn(Cc3cc(Br)cs3)c2c1. The van der Waals surface area contributed by atoms with Gasteiger partial charge in [-0.1, -0.05) is 5.21 Å². The number of hydrogen-bond donors (Lipinski definition) is 1. The summed E-state index contributed by atoms with van der Waals surface area (Å²) in [6.45, 7) is 0.579. The maximum Gasteiger partial charge on any atom is 0.335 e. The Morgan fingerprint density at radius 3 is 2.95 bits per heavy atom. The fourth-order valence-electron chi connectivity index (χ4n) is 1.80. The molecule has 0 aliphatic carbocycles. The number of thiophene rings is 1. The van der Waals surface area contributed by atoms with Gasteiger partial charge in [0.15, 0.2) is 0 Å². The van der Waals surface area contributed by atoms with Gasteiger partial charge in [-0.05, 0) is 40.2 Å². The minimum atomic E-state index is -0.950. The lowest BCUT2D eigenvalue weighted by atomic mass is 10.2. The average Bonchev–Trinajstić information content (AvgIpc) is 2.96. The molecule has 0 fully saturated rings. The Hall–Kier alpha value is -1.73. The van der Waals surface area contributed by atoms with Gasteiger partial charge in [0.25, 0.3) is 0 Å². The Labute approximate surface area is 120 Å². The van der Waals surface area contributed by atoms with Crippen LogP contribution < -0.4 is 0 Å². The van der Waals surface area contributed by atoms with E-state index in [1.54, 1.807) is 28.2 Å². The van der Waals surface area contributed by atoms with Crippen molar-refractivity contribution in [1.82, 2.24) is 15.0 Å². The number of halogens is 1. The number of benzene rings is 1. The predicted molar refractivity (Wildman–Crippen MR) is 75.6 cm³/mol. The van der Waals surface area contributed by atoms with E-state index in [-0.39, 0.29) is 5.56 Å². The van der Waals surface area contributed by atoms with Gasteiger partial charge < -0.3 is 5.11 Å². The number of nitrogens with zero attached hydrogens (tertiary/aromatic N) is 3. The molecule has 0 spiro atoms. The number of carbonyl (C=O) groups is 1. The van der Waals surface area contributed by atoms with Crippen molar-refractivity contribution in [2.45, 2.75) is 6.54 Å². The molecule has 1 N–H and O–H groups in total. The van der Waals surface area contributed by atoms with Crippen LogP contribution in [-0.2, 0) is 6.54 Å². The van der Waals surface area contributed by atoms with Crippen LogP contribution in [0.25, 0.3) is 11.0 Å². The lowest BCUT2D eigenvalue weighted by Gasteiger charge is -2.00. The molecule has 3 aromatic rings. The fraction of sp³-hybridized carbons (Fsp3) is 0.0833. The number of aromatic carboxylic acids is 1. The van der Waals surface area contributed by atoms with Crippen molar-refractivity contribution in [3.05, 3.63) is 44.6 Å². The van der Waals surface area contributed by atoms with E-state index < -0.39 is 5.97 Å². The highest BCUT2D eigenvalue weighted by atomic mass is 79.9. The van der Waals surface area contributed by atoms with Crippen molar-refractivity contribution in [3.8, 4) is 0 Å². The Morgan fingerprint density at radius 2 is 2.26 bits per heavy atom. The molecule has 3 rings (SSSR count). The maximum absolute atomic E-state index is 11.0. The first kappa shape index (κ1) is 12.3. The quantitative estimate of drug-likeness (QED) is 0.797. The van der Waals surface area contributed by atoms with E-state index in [1.165, 1.54) is 6.07 Å². The summed E-state index contributed by atoms with van der Waals surface area (Å²) in [6.07, 6.45) is 0. The lowest BCUT2D eigenvalue weighted by Crippen LogP contribution is -2.01. The lowest BCUT2D eigenvalue weighted by molar-refractivity contribution is 0.0697. The smallest absolute Gasteiger partial charge is 0.335 e. The van der Waals surface area contributed by atoms with Crippen LogP contribution in [0.2, 0.25) is 0 Å². The van der Waals surface area contributed by atoms with Gasteiger partial charge >= 0.3 is 5.97 Å². The fourth-order valence-corrected chi connectivity index (χ4v) is 3.23. The van der Waals surface area contributed by atoms with Gasteiger partial charge in [-0.15, -0.1) is 16.4 Å². The van der Waals surface area contributed by atoms with Gasteiger partial charge in [-0.2, -0.15) is 0 Å². The van der Waals surface area contributed by atoms with Gasteiger partial charge in [0.1, 0.15) is 5.52 Å². The summed E-state index contributed by atoms with van der Waals surface area (Å²) in [7, 11) is 0. The van der Waals surface area contributed by atoms with Crippen LogP contribution in [0.5, 0.6) is 0 Å². The molecule has 0 unspecified atom stereocenters. The van der Waals surface area contributed by atoms with E-state index in [1.807, 2.05) is 11.4 Å². The van der Waals surface area contributed by atoms with E-state index in [0.29, 0.717) is 12.1 Å². The van der Waals surface area contributed by atoms with Crippen molar-refractivity contribution in [2.24, 2.45) is 0 Å². The largest absolute Gasteiger partial charge is 0.478 e. The minimum absolute atomic E-state index is 0.239. The summed E-state index contributed by atoms with van der Waals surface area (Å²) in [5.74, 6) is -0.950. The van der Waals surface area contributed by atoms with Crippen LogP contribution in [0.3, 0.4) is 0 Å². The van der Waals surface area contributed by atoms with Crippen molar-refractivity contribution in [3.63, 3.8) is 0 Å². The summed E-state index contributed by atoms with van der Waals surface area (Å²) >= 11 is 5.02. The van der Waals surface area contributed by atoms with Crippen LogP contribution in [0, 0.1) is 0 Å². The number of fused-ring (bicyclic) bond motifs is 1. The molecule has 2 aromatic heterocycles. The van der Waals surface area contributed by atoms with Gasteiger partial charge in [0.05, 0.1) is 17.6 Å². The van der Waals surface area contributed by atoms with Gasteiger partial charge in [0.2, 0.25) is 0 Å². The first-order chi connectivity index (χ1) is 9.13. The third kappa shape index (κ3) is 2.39. The third-order valence-corrected chi connectivity index (χ3v) is 4.37. The van der Waals surface area contributed by atoms with Crippen LogP contribution in [-0.4, -0.2) is 26.1 Å². The number of aromatic nitrogens is 3. The average molecular weight is 338 g/mol. The van der Waals surface area contributed by atoms with Crippen molar-refractivity contribution < 1.29 is 9.90 Å². The standard InChI is InChI=1S/C12H8BrN3O2S/c13-8-4-9(19-6-8)5-16-11-3-7(12(17)18)1-2-10(11)14-15-16/h1-4,6H,5H2,(H,17,18). The molecule has 19 heavy (non-hydrogen) atoms. The van der Waals surface area contributed by atoms with Crippen molar-refractivity contribution in [2.75, 3.05) is 0 Å². The number of carboxylic acids is 1. The zero-order valence-corrected chi connectivity index (χ0v) is 12.0. The van der Waals surface area contributed by atoms with Gasteiger partial charge in [-0.25, -0.2) is 9.48 Å². The number of carboxylic acid groups (broad SMARTS) is 1. The zero-order chi connectivity index (χ0) is 13.4. The number of hydrogen-bond acceptors (Lipinski definition) is 4. The second-order valence-electron chi connectivity index (χ2n) is 3.99. The molecule has 0 aliphatic rings. The van der Waals surface area contributed by atoms with E-state index in [9.17, 15) is 4.79 Å². The summed E-state index contributed by atoms with van der Waals surface area (Å²) in [4.78, 5) is 12.1. The molecule has 0 atom stereocenters. The van der Waals surface area contributed by atoms with E-state index in [2.05, 4.69) is 26.2 Å². The van der Waals surface area contributed by atoms with Crippen molar-refractivity contribution >= 4 is 44.3 Å². The molecule has 0 bridgehead atoms. The molecule has 0 aliphatic heterocycles. The maximum atomic E-state index is 11.0. The molecule has 96 valence electrons. The second kappa shape index (κ2) is 4.75. The molecule has 0 radical (unpaired) electrons. The van der Waals surface area contributed by atoms with Gasteiger partial charge in [-0.3, -0.25) is 0 Å². The Kier molecular flexibility index (Phi) is 3.08. The Balaban J connectivity index is 2.03. The zero-order valence-electron chi connectivity index (χ0n) is 9.58. The molecule has 0 saturated carbocycles. The number of rotatable bonds is 3. The van der Waals surface area contributed by atoms with E-state index in [0.717, 1.165) is 14.9 Å². The van der Waals surface area contributed by atoms with E-state index >= 15 is 0 Å². The highest BCUT2D eigenvalue weighted by molar-refractivity contribution is 9.10. The topological polar surface area (TPSA) is 68.0 Å². The Bertz CT molecular complexity index is 765. The molecule has 5 nitrogen and oxygen atoms in total. The molecule has 0 amide bonds. The van der Waals surface area contributed by atoms with Gasteiger partial charge in [0, 0.05) is 14.7 Å². The second-order valence-corrected chi connectivity index (χ2v) is 5.90. The summed E-state index contributed by atoms with van der Waals surface area (Å²) < 4.78 is 2.74. The van der Waals surface area contributed by atoms with Crippen LogP contribution in [0.15, 0.2) is 34.1 Å². The molecule has 7 heteroatoms. The monoisotopic (exact) mass is 337 g/mol. The highest BCUT2D eigenvalue weighted by Gasteiger charge is 2.10. The summed E-state index contributed by atoms with van der Waals surface area (Å²) in [5.41, 5.74) is 1.66. The minimum Gasteiger partial charge on any atom is -0.478 e. The molecule has 0 saturated heterocycles. The molecule has 1 aromatic carbocycles. The normalized spacial score (nSPS) is 11.0. The molecule has 2 heterocycles. The third-order valence-electron chi connectivity index (χ3n) is 2.69. The predicted octanol–water partition coefficient (Wildman–Crippen LogP) is 3.00. The first-order valence-electron chi connectivity index (χ1n) is 5.43. The van der Waals surface area contributed by atoms with Crippen LogP contribution in [0.4, 0.5) is 0 Å². The highest BCUT2D eigenvalue weighted by Crippen LogP contribution is 2.22. The molecular weight excluding hydrogens is 330 g/mol. The van der Waals surface area contributed by atoms with Crippen LogP contribution >= 0.6 is 27.3 Å². The summed E-state index contributed by atoms with van der Waals surface area (Å²) in [5, 5.41) is 19.1. The first-order valence-corrected chi connectivity index (χ1v) is 7.10.